The third kappa shape index (κ3) is 5.13. The van der Waals surface area contributed by atoms with Gasteiger partial charge in [0.05, 0.1) is 44.6 Å². The molecule has 4 rings (SSSR count). The number of carbonyl (C=O) groups excluding carboxylic acids is 1. The second-order valence-electron chi connectivity index (χ2n) is 7.42. The molecule has 0 spiro atoms. The second-order valence-corrected chi connectivity index (χ2v) is 9.14. The number of halogens is 1. The predicted octanol–water partition coefficient (Wildman–Crippen LogP) is 5.08. The molecule has 1 heterocycles. The van der Waals surface area contributed by atoms with E-state index in [-0.39, 0.29) is 22.0 Å². The zero-order valence-electron chi connectivity index (χ0n) is 18.6. The van der Waals surface area contributed by atoms with Crippen molar-refractivity contribution in [3.05, 3.63) is 92.2 Å². The normalized spacial score (nSPS) is 11.7. The van der Waals surface area contributed by atoms with Crippen molar-refractivity contribution in [1.29, 1.82) is 0 Å². The quantitative estimate of drug-likeness (QED) is 0.159. The Bertz CT molecular complexity index is 1510. The van der Waals surface area contributed by atoms with E-state index in [0.29, 0.717) is 27.5 Å². The summed E-state index contributed by atoms with van der Waals surface area (Å²) in [6.07, 6.45) is 0. The van der Waals surface area contributed by atoms with E-state index in [2.05, 4.69) is 10.3 Å². The number of non-ortho nitro benzene ring substituents is 1. The van der Waals surface area contributed by atoms with Gasteiger partial charge < -0.3 is 10.1 Å². The fraction of sp³-hybridized carbons (Fsp3) is 0.125. The molecule has 11 heteroatoms. The maximum atomic E-state index is 13.4. The molecule has 3 aromatic carbocycles. The number of carbonyl (C=O) groups is 1. The topological polar surface area (TPSA) is 116 Å². The number of para-hydroxylation sites is 1. The maximum Gasteiger partial charge on any atom is 0.271 e. The average molecular weight is 511 g/mol. The first-order chi connectivity index (χ1) is 16.8. The van der Waals surface area contributed by atoms with Crippen LogP contribution in [0.25, 0.3) is 16.6 Å². The molecule has 1 unspecified atom stereocenters. The van der Waals surface area contributed by atoms with E-state index in [4.69, 9.17) is 16.3 Å². The summed E-state index contributed by atoms with van der Waals surface area (Å²) in [7, 11) is 1.53. The van der Waals surface area contributed by atoms with Gasteiger partial charge in [-0.1, -0.05) is 41.6 Å². The molecule has 0 aliphatic carbocycles. The Morgan fingerprint density at radius 3 is 2.66 bits per heavy atom. The lowest BCUT2D eigenvalue weighted by Crippen LogP contribution is -2.26. The molecule has 178 valence electrons. The van der Waals surface area contributed by atoms with Crippen LogP contribution < -0.4 is 15.6 Å². The standard InChI is InChI=1S/C24H19ClN4O5S/c1-14(22(30)26-21-11-10-16(29(32)33)13-19(21)25)35-24-27-20-9-4-3-8-18(20)23(31)28(24)15-6-5-7-17(12-15)34-2/h3-14H,1-2H3,(H,26,30). The van der Waals surface area contributed by atoms with Crippen LogP contribution in [0.4, 0.5) is 11.4 Å². The van der Waals surface area contributed by atoms with Gasteiger partial charge in [0.2, 0.25) is 5.91 Å². The van der Waals surface area contributed by atoms with Gasteiger partial charge in [0.15, 0.2) is 5.16 Å². The lowest BCUT2D eigenvalue weighted by molar-refractivity contribution is -0.384. The lowest BCUT2D eigenvalue weighted by atomic mass is 10.2. The fourth-order valence-electron chi connectivity index (χ4n) is 3.33. The number of nitro benzene ring substituents is 1. The minimum atomic E-state index is -0.689. The summed E-state index contributed by atoms with van der Waals surface area (Å²) in [4.78, 5) is 41.3. The Labute approximate surface area is 208 Å². The molecule has 35 heavy (non-hydrogen) atoms. The van der Waals surface area contributed by atoms with Crippen molar-refractivity contribution in [2.45, 2.75) is 17.3 Å². The Balaban J connectivity index is 1.69. The fourth-order valence-corrected chi connectivity index (χ4v) is 4.48. The number of methoxy groups -OCH3 is 1. The molecule has 1 atom stereocenters. The van der Waals surface area contributed by atoms with Crippen LogP contribution in [0.3, 0.4) is 0 Å². The lowest BCUT2D eigenvalue weighted by Gasteiger charge is -2.17. The van der Waals surface area contributed by atoms with Gasteiger partial charge in [-0.25, -0.2) is 4.98 Å². The molecule has 0 saturated carbocycles. The summed E-state index contributed by atoms with van der Waals surface area (Å²) < 4.78 is 6.74. The molecule has 1 amide bonds. The summed E-state index contributed by atoms with van der Waals surface area (Å²) in [6.45, 7) is 1.66. The van der Waals surface area contributed by atoms with Crippen molar-refractivity contribution >= 4 is 51.5 Å². The molecule has 0 radical (unpaired) electrons. The first-order valence-corrected chi connectivity index (χ1v) is 11.6. The van der Waals surface area contributed by atoms with Crippen molar-refractivity contribution in [2.75, 3.05) is 12.4 Å². The summed E-state index contributed by atoms with van der Waals surface area (Å²) in [6, 6.07) is 17.8. The van der Waals surface area contributed by atoms with E-state index in [0.717, 1.165) is 11.8 Å². The van der Waals surface area contributed by atoms with Gasteiger partial charge in [-0.3, -0.25) is 24.3 Å². The average Bonchev–Trinajstić information content (AvgIpc) is 2.85. The summed E-state index contributed by atoms with van der Waals surface area (Å²) in [5.41, 5.74) is 0.827. The zero-order chi connectivity index (χ0) is 25.1. The van der Waals surface area contributed by atoms with Crippen molar-refractivity contribution in [3.63, 3.8) is 0 Å². The Hall–Kier alpha value is -3.89. The van der Waals surface area contributed by atoms with Gasteiger partial charge >= 0.3 is 0 Å². The Kier molecular flexibility index (Phi) is 7.04. The first-order valence-electron chi connectivity index (χ1n) is 10.4. The molecular formula is C24H19ClN4O5S. The monoisotopic (exact) mass is 510 g/mol. The Morgan fingerprint density at radius 2 is 1.94 bits per heavy atom. The number of ether oxygens (including phenoxy) is 1. The number of nitrogens with one attached hydrogen (secondary N) is 1. The van der Waals surface area contributed by atoms with Crippen LogP contribution in [0.2, 0.25) is 5.02 Å². The van der Waals surface area contributed by atoms with Crippen molar-refractivity contribution < 1.29 is 14.5 Å². The van der Waals surface area contributed by atoms with Gasteiger partial charge in [0.1, 0.15) is 5.75 Å². The number of anilines is 1. The van der Waals surface area contributed by atoms with E-state index in [9.17, 15) is 19.7 Å². The summed E-state index contributed by atoms with van der Waals surface area (Å²) in [5.74, 6) is 0.155. The third-order valence-electron chi connectivity index (χ3n) is 5.13. The molecule has 0 aliphatic heterocycles. The predicted molar refractivity (Wildman–Crippen MR) is 136 cm³/mol. The van der Waals surface area contributed by atoms with Gasteiger partial charge in [-0.15, -0.1) is 0 Å². The molecule has 1 aromatic heterocycles. The number of hydrogen-bond donors (Lipinski definition) is 1. The van der Waals surface area contributed by atoms with Gasteiger partial charge in [0, 0.05) is 18.2 Å². The summed E-state index contributed by atoms with van der Waals surface area (Å²) >= 11 is 7.20. The second kappa shape index (κ2) is 10.2. The highest BCUT2D eigenvalue weighted by Crippen LogP contribution is 2.30. The van der Waals surface area contributed by atoms with Crippen LogP contribution in [-0.4, -0.2) is 32.7 Å². The van der Waals surface area contributed by atoms with Crippen molar-refractivity contribution in [1.82, 2.24) is 9.55 Å². The van der Waals surface area contributed by atoms with Crippen molar-refractivity contribution in [3.8, 4) is 11.4 Å². The highest BCUT2D eigenvalue weighted by Gasteiger charge is 2.22. The van der Waals surface area contributed by atoms with Crippen molar-refractivity contribution in [2.24, 2.45) is 0 Å². The Morgan fingerprint density at radius 1 is 1.17 bits per heavy atom. The molecule has 4 aromatic rings. The smallest absolute Gasteiger partial charge is 0.271 e. The highest BCUT2D eigenvalue weighted by atomic mass is 35.5. The SMILES string of the molecule is COc1cccc(-n2c(SC(C)C(=O)Nc3ccc([N+](=O)[O-])cc3Cl)nc3ccccc3c2=O)c1. The molecule has 0 bridgehead atoms. The molecular weight excluding hydrogens is 492 g/mol. The largest absolute Gasteiger partial charge is 0.497 e. The minimum absolute atomic E-state index is 0.0434. The number of nitro groups is 1. The van der Waals surface area contributed by atoms with Gasteiger partial charge in [-0.2, -0.15) is 0 Å². The molecule has 0 aliphatic rings. The van der Waals surface area contributed by atoms with Crippen LogP contribution >= 0.6 is 23.4 Å². The van der Waals surface area contributed by atoms with Crippen LogP contribution in [0.5, 0.6) is 5.75 Å². The molecule has 0 fully saturated rings. The minimum Gasteiger partial charge on any atom is -0.497 e. The molecule has 0 saturated heterocycles. The molecule has 9 nitrogen and oxygen atoms in total. The maximum absolute atomic E-state index is 13.4. The van der Waals surface area contributed by atoms with E-state index < -0.39 is 16.1 Å². The number of thioether (sulfide) groups is 1. The number of rotatable bonds is 7. The number of hydrogen-bond acceptors (Lipinski definition) is 7. The van der Waals surface area contributed by atoms with Gasteiger partial charge in [-0.05, 0) is 37.3 Å². The first kappa shape index (κ1) is 24.2. The third-order valence-corrected chi connectivity index (χ3v) is 6.49. The highest BCUT2D eigenvalue weighted by molar-refractivity contribution is 8.00. The summed E-state index contributed by atoms with van der Waals surface area (Å²) in [5, 5.41) is 13.7. The number of amides is 1. The molecule has 1 N–H and O–H groups in total. The number of aromatic nitrogens is 2. The van der Waals surface area contributed by atoms with E-state index in [1.807, 2.05) is 0 Å². The van der Waals surface area contributed by atoms with Crippen LogP contribution in [0.15, 0.2) is 76.7 Å². The van der Waals surface area contributed by atoms with E-state index in [1.54, 1.807) is 55.5 Å². The zero-order valence-corrected chi connectivity index (χ0v) is 20.2. The van der Waals surface area contributed by atoms with Crippen LogP contribution in [0.1, 0.15) is 6.92 Å². The number of benzene rings is 3. The van der Waals surface area contributed by atoms with Crippen LogP contribution in [0, 0.1) is 10.1 Å². The number of fused-ring (bicyclic) bond motifs is 1. The van der Waals surface area contributed by atoms with E-state index in [1.165, 1.54) is 29.9 Å². The van der Waals surface area contributed by atoms with Gasteiger partial charge in [0.25, 0.3) is 11.2 Å². The number of nitrogens with zero attached hydrogens (tertiary/aromatic N) is 3. The van der Waals surface area contributed by atoms with E-state index >= 15 is 0 Å². The van der Waals surface area contributed by atoms with Crippen LogP contribution in [-0.2, 0) is 4.79 Å².